The Morgan fingerprint density at radius 2 is 1.89 bits per heavy atom. The third-order valence-electron chi connectivity index (χ3n) is 5.11. The lowest BCUT2D eigenvalue weighted by Crippen LogP contribution is -2.53. The summed E-state index contributed by atoms with van der Waals surface area (Å²) in [5, 5.41) is 0. The molecule has 0 atom stereocenters. The van der Waals surface area contributed by atoms with E-state index in [2.05, 4.69) is 0 Å². The molecule has 0 N–H and O–H groups in total. The van der Waals surface area contributed by atoms with Gasteiger partial charge in [-0.25, -0.2) is 0 Å². The topological polar surface area (TPSA) is 59.1 Å². The lowest BCUT2D eigenvalue weighted by molar-refractivity contribution is -0.132. The van der Waals surface area contributed by atoms with Crippen LogP contribution in [0.2, 0.25) is 0 Å². The minimum Gasteiger partial charge on any atom is -0.490 e. The van der Waals surface area contributed by atoms with Crippen molar-refractivity contribution in [3.63, 3.8) is 0 Å². The fourth-order valence-corrected chi connectivity index (χ4v) is 3.67. The molecule has 0 bridgehead atoms. The number of carbonyl (C=O) groups is 2. The number of anilines is 2. The van der Waals surface area contributed by atoms with Crippen LogP contribution in [0.1, 0.15) is 25.8 Å². The van der Waals surface area contributed by atoms with Crippen molar-refractivity contribution in [2.45, 2.75) is 32.8 Å². The number of ether oxygens (including phenoxy) is 2. The fourth-order valence-electron chi connectivity index (χ4n) is 3.67. The summed E-state index contributed by atoms with van der Waals surface area (Å²) in [7, 11) is 0. The molecular weight excluding hydrogens is 356 g/mol. The van der Waals surface area contributed by atoms with Crippen LogP contribution in [0.3, 0.4) is 0 Å². The zero-order valence-electron chi connectivity index (χ0n) is 16.4. The highest BCUT2D eigenvalue weighted by molar-refractivity contribution is 6.03. The Morgan fingerprint density at radius 1 is 1.11 bits per heavy atom. The van der Waals surface area contributed by atoms with Crippen molar-refractivity contribution < 1.29 is 19.1 Å². The van der Waals surface area contributed by atoms with Crippen molar-refractivity contribution in [3.8, 4) is 11.5 Å². The van der Waals surface area contributed by atoms with Crippen LogP contribution in [0.5, 0.6) is 11.5 Å². The highest BCUT2D eigenvalue weighted by Crippen LogP contribution is 2.38. The molecule has 0 fully saturated rings. The van der Waals surface area contributed by atoms with Crippen LogP contribution in [0.25, 0.3) is 0 Å². The van der Waals surface area contributed by atoms with E-state index in [0.717, 1.165) is 16.9 Å². The zero-order chi connectivity index (χ0) is 19.9. The summed E-state index contributed by atoms with van der Waals surface area (Å²) in [4.78, 5) is 29.3. The van der Waals surface area contributed by atoms with Gasteiger partial charge in [0.05, 0.1) is 17.9 Å². The van der Waals surface area contributed by atoms with Crippen molar-refractivity contribution >= 4 is 23.2 Å². The molecule has 2 aromatic rings. The van der Waals surface area contributed by atoms with Crippen LogP contribution < -0.4 is 19.3 Å². The SMILES string of the molecule is Cc1ccc2c(c1)N(CCC(=O)N1CCOc3ccccc31)C(=O)C(C)(C)O2. The van der Waals surface area contributed by atoms with Gasteiger partial charge in [-0.05, 0) is 50.6 Å². The summed E-state index contributed by atoms with van der Waals surface area (Å²) < 4.78 is 11.5. The number of nitrogens with zero attached hydrogens (tertiary/aromatic N) is 2. The zero-order valence-corrected chi connectivity index (χ0v) is 16.4. The molecule has 0 spiro atoms. The molecule has 0 unspecified atom stereocenters. The van der Waals surface area contributed by atoms with E-state index in [-0.39, 0.29) is 18.2 Å². The van der Waals surface area contributed by atoms with Crippen LogP contribution in [-0.4, -0.2) is 37.1 Å². The molecular formula is C22H24N2O4. The van der Waals surface area contributed by atoms with Crippen molar-refractivity contribution in [2.24, 2.45) is 0 Å². The summed E-state index contributed by atoms with van der Waals surface area (Å²) in [5.74, 6) is 1.22. The highest BCUT2D eigenvalue weighted by atomic mass is 16.5. The maximum atomic E-state index is 13.0. The van der Waals surface area contributed by atoms with E-state index in [1.165, 1.54) is 0 Å². The third kappa shape index (κ3) is 3.19. The molecule has 6 nitrogen and oxygen atoms in total. The number of fused-ring (bicyclic) bond motifs is 2. The minimum absolute atomic E-state index is 0.0259. The van der Waals surface area contributed by atoms with Gasteiger partial charge in [-0.15, -0.1) is 0 Å². The van der Waals surface area contributed by atoms with E-state index in [9.17, 15) is 9.59 Å². The molecule has 2 aliphatic rings. The largest absolute Gasteiger partial charge is 0.490 e. The summed E-state index contributed by atoms with van der Waals surface area (Å²) >= 11 is 0. The van der Waals surface area contributed by atoms with Gasteiger partial charge in [-0.2, -0.15) is 0 Å². The highest BCUT2D eigenvalue weighted by Gasteiger charge is 2.41. The molecule has 2 heterocycles. The van der Waals surface area contributed by atoms with E-state index < -0.39 is 5.60 Å². The molecule has 28 heavy (non-hydrogen) atoms. The first-order valence-electron chi connectivity index (χ1n) is 9.51. The van der Waals surface area contributed by atoms with Crippen LogP contribution in [-0.2, 0) is 9.59 Å². The standard InChI is InChI=1S/C22H24N2O4/c1-15-8-9-19-17(14-15)24(21(26)22(2,3)28-19)11-10-20(25)23-12-13-27-18-7-5-4-6-16(18)23/h4-9,14H,10-13H2,1-3H3. The van der Waals surface area contributed by atoms with Crippen LogP contribution in [0.4, 0.5) is 11.4 Å². The Bertz CT molecular complexity index is 938. The van der Waals surface area contributed by atoms with Gasteiger partial charge in [0.15, 0.2) is 5.60 Å². The Balaban J connectivity index is 1.56. The Hall–Kier alpha value is -3.02. The van der Waals surface area contributed by atoms with E-state index in [1.807, 2.05) is 49.4 Å². The fraction of sp³-hybridized carbons (Fsp3) is 0.364. The van der Waals surface area contributed by atoms with Gasteiger partial charge < -0.3 is 19.3 Å². The number of hydrogen-bond donors (Lipinski definition) is 0. The maximum absolute atomic E-state index is 13.0. The van der Waals surface area contributed by atoms with Gasteiger partial charge in [-0.1, -0.05) is 18.2 Å². The predicted molar refractivity (Wildman–Crippen MR) is 107 cm³/mol. The molecule has 2 aromatic carbocycles. The van der Waals surface area contributed by atoms with Crippen LogP contribution in [0, 0.1) is 6.92 Å². The molecule has 146 valence electrons. The molecule has 0 aromatic heterocycles. The summed E-state index contributed by atoms with van der Waals surface area (Å²) in [6.45, 7) is 6.76. The number of carbonyl (C=O) groups excluding carboxylic acids is 2. The number of para-hydroxylation sites is 2. The maximum Gasteiger partial charge on any atom is 0.270 e. The number of hydrogen-bond acceptors (Lipinski definition) is 4. The van der Waals surface area contributed by atoms with Gasteiger partial charge >= 0.3 is 0 Å². The van der Waals surface area contributed by atoms with Crippen molar-refractivity contribution in [1.82, 2.24) is 0 Å². The number of amides is 2. The monoisotopic (exact) mass is 380 g/mol. The van der Waals surface area contributed by atoms with Gasteiger partial charge in [0.25, 0.3) is 5.91 Å². The smallest absolute Gasteiger partial charge is 0.270 e. The number of benzene rings is 2. The van der Waals surface area contributed by atoms with E-state index in [0.29, 0.717) is 31.2 Å². The average Bonchev–Trinajstić information content (AvgIpc) is 2.68. The van der Waals surface area contributed by atoms with Gasteiger partial charge in [0.1, 0.15) is 18.1 Å². The second-order valence-electron chi connectivity index (χ2n) is 7.65. The molecule has 2 amide bonds. The quantitative estimate of drug-likeness (QED) is 0.820. The van der Waals surface area contributed by atoms with E-state index in [4.69, 9.17) is 9.47 Å². The second kappa shape index (κ2) is 6.86. The first-order valence-corrected chi connectivity index (χ1v) is 9.51. The number of rotatable bonds is 3. The normalized spacial score (nSPS) is 17.3. The van der Waals surface area contributed by atoms with Gasteiger partial charge in [0.2, 0.25) is 5.91 Å². The first kappa shape index (κ1) is 18.3. The minimum atomic E-state index is -0.961. The Labute approximate surface area is 164 Å². The Kier molecular flexibility index (Phi) is 4.49. The Morgan fingerprint density at radius 3 is 2.71 bits per heavy atom. The molecule has 0 radical (unpaired) electrons. The van der Waals surface area contributed by atoms with Crippen molar-refractivity contribution in [1.29, 1.82) is 0 Å². The summed E-state index contributed by atoms with van der Waals surface area (Å²) in [6, 6.07) is 13.3. The van der Waals surface area contributed by atoms with E-state index >= 15 is 0 Å². The summed E-state index contributed by atoms with van der Waals surface area (Å²) in [5.41, 5.74) is 1.58. The lowest BCUT2D eigenvalue weighted by Gasteiger charge is -2.39. The summed E-state index contributed by atoms with van der Waals surface area (Å²) in [6.07, 6.45) is 0.226. The van der Waals surface area contributed by atoms with Gasteiger partial charge in [0, 0.05) is 13.0 Å². The molecule has 0 saturated carbocycles. The molecule has 2 aliphatic heterocycles. The van der Waals surface area contributed by atoms with Crippen LogP contribution >= 0.6 is 0 Å². The molecule has 0 aliphatic carbocycles. The van der Waals surface area contributed by atoms with Crippen LogP contribution in [0.15, 0.2) is 42.5 Å². The van der Waals surface area contributed by atoms with E-state index in [1.54, 1.807) is 23.6 Å². The van der Waals surface area contributed by atoms with Crippen molar-refractivity contribution in [3.05, 3.63) is 48.0 Å². The predicted octanol–water partition coefficient (Wildman–Crippen LogP) is 3.31. The molecule has 4 rings (SSSR count). The molecule has 0 saturated heterocycles. The number of aryl methyl sites for hydroxylation is 1. The van der Waals surface area contributed by atoms with Crippen molar-refractivity contribution in [2.75, 3.05) is 29.5 Å². The lowest BCUT2D eigenvalue weighted by atomic mass is 10.0. The van der Waals surface area contributed by atoms with Gasteiger partial charge in [-0.3, -0.25) is 9.59 Å². The molecule has 6 heteroatoms. The third-order valence-corrected chi connectivity index (χ3v) is 5.11. The average molecular weight is 380 g/mol. The first-order chi connectivity index (χ1) is 13.4. The second-order valence-corrected chi connectivity index (χ2v) is 7.65.